The van der Waals surface area contributed by atoms with Crippen molar-refractivity contribution in [2.45, 2.75) is 19.4 Å². The number of anilines is 1. The van der Waals surface area contributed by atoms with E-state index in [2.05, 4.69) is 51.3 Å². The van der Waals surface area contributed by atoms with Gasteiger partial charge in [-0.15, -0.1) is 21.5 Å². The summed E-state index contributed by atoms with van der Waals surface area (Å²) in [6, 6.07) is 16.1. The number of nitrogens with one attached hydrogen (secondary N) is 2. The van der Waals surface area contributed by atoms with Gasteiger partial charge in [0.15, 0.2) is 5.69 Å². The molecule has 2 aromatic heterocycles. The van der Waals surface area contributed by atoms with E-state index in [4.69, 9.17) is 0 Å². The minimum atomic E-state index is -0.242. The van der Waals surface area contributed by atoms with Gasteiger partial charge < -0.3 is 10.6 Å². The molecule has 3 aromatic rings. The fraction of sp³-hybridized carbons (Fsp3) is 0.211. The molecule has 2 heterocycles. The molecule has 0 fully saturated rings. The zero-order valence-electron chi connectivity index (χ0n) is 14.2. The van der Waals surface area contributed by atoms with Gasteiger partial charge in [0.25, 0.3) is 5.91 Å². The molecular formula is C19H20N4OS. The van der Waals surface area contributed by atoms with Gasteiger partial charge in [0.1, 0.15) is 5.82 Å². The zero-order chi connectivity index (χ0) is 17.6. The summed E-state index contributed by atoms with van der Waals surface area (Å²) in [4.78, 5) is 12.9. The molecule has 3 rings (SSSR count). The Balaban J connectivity index is 1.82. The molecule has 0 saturated carbocycles. The number of aromatic nitrogens is 2. The van der Waals surface area contributed by atoms with Gasteiger partial charge in [0, 0.05) is 11.9 Å². The van der Waals surface area contributed by atoms with Crippen LogP contribution >= 0.6 is 11.3 Å². The van der Waals surface area contributed by atoms with Crippen LogP contribution in [-0.4, -0.2) is 23.2 Å². The maximum absolute atomic E-state index is 11.6. The first-order chi connectivity index (χ1) is 12.2. The number of thiophene rings is 1. The number of aryl methyl sites for hydroxylation is 1. The number of hydrogen-bond acceptors (Lipinski definition) is 5. The predicted molar refractivity (Wildman–Crippen MR) is 101 cm³/mol. The fourth-order valence-corrected chi connectivity index (χ4v) is 3.62. The molecule has 1 unspecified atom stereocenters. The van der Waals surface area contributed by atoms with Crippen molar-refractivity contribution in [3.05, 3.63) is 75.6 Å². The molecule has 0 saturated heterocycles. The maximum atomic E-state index is 11.6. The minimum Gasteiger partial charge on any atom is -0.361 e. The van der Waals surface area contributed by atoms with Crippen LogP contribution in [0.1, 0.15) is 32.5 Å². The highest BCUT2D eigenvalue weighted by Crippen LogP contribution is 2.29. The molecular weight excluding hydrogens is 332 g/mol. The van der Waals surface area contributed by atoms with Crippen molar-refractivity contribution >= 4 is 23.1 Å². The number of carbonyl (C=O) groups is 1. The van der Waals surface area contributed by atoms with E-state index in [-0.39, 0.29) is 11.9 Å². The van der Waals surface area contributed by atoms with Gasteiger partial charge >= 0.3 is 0 Å². The van der Waals surface area contributed by atoms with Gasteiger partial charge in [0.2, 0.25) is 0 Å². The number of carbonyl (C=O) groups excluding carboxylic acids is 1. The molecule has 2 N–H and O–H groups in total. The standard InChI is InChI=1S/C19H20N4OS/c1-13-10-11-25-18(13)16(12-14-6-4-3-5-7-14)21-17-9-8-15(22-23-17)19(24)20-2/h3-11,16H,12H2,1-2H3,(H,20,24)(H,21,23). The van der Waals surface area contributed by atoms with Crippen LogP contribution in [-0.2, 0) is 6.42 Å². The monoisotopic (exact) mass is 352 g/mol. The number of rotatable bonds is 6. The van der Waals surface area contributed by atoms with Gasteiger partial charge in [-0.2, -0.15) is 0 Å². The Hall–Kier alpha value is -2.73. The third-order valence-electron chi connectivity index (χ3n) is 3.95. The average Bonchev–Trinajstić information content (AvgIpc) is 3.08. The second-order valence-electron chi connectivity index (χ2n) is 5.74. The lowest BCUT2D eigenvalue weighted by atomic mass is 10.0. The molecule has 1 aromatic carbocycles. The Bertz CT molecular complexity index is 830. The number of nitrogens with zero attached hydrogens (tertiary/aromatic N) is 2. The van der Waals surface area contributed by atoms with E-state index in [9.17, 15) is 4.79 Å². The molecule has 128 valence electrons. The molecule has 1 amide bonds. The van der Waals surface area contributed by atoms with Crippen molar-refractivity contribution in [2.75, 3.05) is 12.4 Å². The Morgan fingerprint density at radius 3 is 2.52 bits per heavy atom. The second kappa shape index (κ2) is 7.90. The van der Waals surface area contributed by atoms with Crippen molar-refractivity contribution in [3.63, 3.8) is 0 Å². The quantitative estimate of drug-likeness (QED) is 0.711. The van der Waals surface area contributed by atoms with Crippen LogP contribution < -0.4 is 10.6 Å². The van der Waals surface area contributed by atoms with Crippen LogP contribution in [0.4, 0.5) is 5.82 Å². The minimum absolute atomic E-state index is 0.0996. The maximum Gasteiger partial charge on any atom is 0.271 e. The highest BCUT2D eigenvalue weighted by Gasteiger charge is 2.17. The van der Waals surface area contributed by atoms with Crippen LogP contribution in [0, 0.1) is 6.92 Å². The van der Waals surface area contributed by atoms with Gasteiger partial charge in [-0.1, -0.05) is 30.3 Å². The summed E-state index contributed by atoms with van der Waals surface area (Å²) in [6.45, 7) is 2.12. The summed E-state index contributed by atoms with van der Waals surface area (Å²) in [5.74, 6) is 0.412. The molecule has 0 aliphatic carbocycles. The molecule has 0 spiro atoms. The van der Waals surface area contributed by atoms with E-state index >= 15 is 0 Å². The van der Waals surface area contributed by atoms with E-state index < -0.39 is 0 Å². The Kier molecular flexibility index (Phi) is 5.40. The average molecular weight is 352 g/mol. The highest BCUT2D eigenvalue weighted by atomic mass is 32.1. The van der Waals surface area contributed by atoms with Crippen LogP contribution in [0.3, 0.4) is 0 Å². The Morgan fingerprint density at radius 2 is 1.92 bits per heavy atom. The van der Waals surface area contributed by atoms with Crippen LogP contribution in [0.2, 0.25) is 0 Å². The summed E-state index contributed by atoms with van der Waals surface area (Å²) in [5.41, 5.74) is 2.82. The number of hydrogen-bond donors (Lipinski definition) is 2. The Labute approximate surface area is 151 Å². The molecule has 0 bridgehead atoms. The summed E-state index contributed by atoms with van der Waals surface area (Å²) < 4.78 is 0. The molecule has 0 aliphatic heterocycles. The molecule has 1 atom stereocenters. The normalized spacial score (nSPS) is 11.8. The topological polar surface area (TPSA) is 66.9 Å². The number of amides is 1. The largest absolute Gasteiger partial charge is 0.361 e. The van der Waals surface area contributed by atoms with Gasteiger partial charge in [-0.3, -0.25) is 4.79 Å². The molecule has 6 heteroatoms. The second-order valence-corrected chi connectivity index (χ2v) is 6.69. The van der Waals surface area contributed by atoms with Crippen molar-refractivity contribution in [3.8, 4) is 0 Å². The summed E-state index contributed by atoms with van der Waals surface area (Å²) >= 11 is 1.73. The van der Waals surface area contributed by atoms with Crippen molar-refractivity contribution in [1.29, 1.82) is 0 Å². The third-order valence-corrected chi connectivity index (χ3v) is 5.08. The highest BCUT2D eigenvalue weighted by molar-refractivity contribution is 7.10. The first-order valence-corrected chi connectivity index (χ1v) is 8.95. The van der Waals surface area contributed by atoms with Crippen molar-refractivity contribution in [2.24, 2.45) is 0 Å². The van der Waals surface area contributed by atoms with Gasteiger partial charge in [-0.05, 0) is 48.1 Å². The summed E-state index contributed by atoms with van der Waals surface area (Å²) in [7, 11) is 1.58. The van der Waals surface area contributed by atoms with E-state index in [0.29, 0.717) is 11.5 Å². The smallest absolute Gasteiger partial charge is 0.271 e. The fourth-order valence-electron chi connectivity index (χ4n) is 2.64. The van der Waals surface area contributed by atoms with E-state index in [1.807, 2.05) is 18.2 Å². The van der Waals surface area contributed by atoms with Crippen molar-refractivity contribution < 1.29 is 4.79 Å². The Morgan fingerprint density at radius 1 is 1.12 bits per heavy atom. The van der Waals surface area contributed by atoms with Crippen molar-refractivity contribution in [1.82, 2.24) is 15.5 Å². The third kappa shape index (κ3) is 4.22. The predicted octanol–water partition coefficient (Wildman–Crippen LogP) is 3.60. The molecule has 0 radical (unpaired) electrons. The molecule has 25 heavy (non-hydrogen) atoms. The lowest BCUT2D eigenvalue weighted by Crippen LogP contribution is -2.20. The summed E-state index contributed by atoms with van der Waals surface area (Å²) in [6.07, 6.45) is 0.848. The van der Waals surface area contributed by atoms with Crippen LogP contribution in [0.15, 0.2) is 53.9 Å². The van der Waals surface area contributed by atoms with E-state index in [1.54, 1.807) is 30.5 Å². The van der Waals surface area contributed by atoms with Gasteiger partial charge in [0.05, 0.1) is 6.04 Å². The van der Waals surface area contributed by atoms with E-state index in [1.165, 1.54) is 16.0 Å². The lowest BCUT2D eigenvalue weighted by Gasteiger charge is -2.19. The molecule has 5 nitrogen and oxygen atoms in total. The van der Waals surface area contributed by atoms with Crippen LogP contribution in [0.5, 0.6) is 0 Å². The SMILES string of the molecule is CNC(=O)c1ccc(NC(Cc2ccccc2)c2sccc2C)nn1. The molecule has 0 aliphatic rings. The van der Waals surface area contributed by atoms with Crippen LogP contribution in [0.25, 0.3) is 0 Å². The first kappa shape index (κ1) is 17.1. The lowest BCUT2D eigenvalue weighted by molar-refractivity contribution is 0.0957. The first-order valence-electron chi connectivity index (χ1n) is 8.07. The summed E-state index contributed by atoms with van der Waals surface area (Å²) in [5, 5.41) is 16.2. The van der Waals surface area contributed by atoms with Gasteiger partial charge in [-0.25, -0.2) is 0 Å². The van der Waals surface area contributed by atoms with E-state index in [0.717, 1.165) is 6.42 Å². The zero-order valence-corrected chi connectivity index (χ0v) is 15.0. The number of benzene rings is 1.